The van der Waals surface area contributed by atoms with Crippen LogP contribution in [-0.2, 0) is 4.74 Å². The Morgan fingerprint density at radius 1 is 1.06 bits per heavy atom. The van der Waals surface area contributed by atoms with Gasteiger partial charge in [0.05, 0.1) is 5.92 Å². The number of benzene rings is 1. The molecule has 0 amide bonds. The molecule has 2 rings (SSSR count). The molecule has 1 fully saturated rings. The third kappa shape index (κ3) is 3.12. The van der Waals surface area contributed by atoms with Gasteiger partial charge in [0.2, 0.25) is 0 Å². The molecular weight excluding hydrogens is 196 g/mol. The molecule has 1 aromatic carbocycles. The number of rotatable bonds is 1. The van der Waals surface area contributed by atoms with Crippen molar-refractivity contribution in [3.05, 3.63) is 67.2 Å². The third-order valence-corrected chi connectivity index (χ3v) is 2.35. The van der Waals surface area contributed by atoms with Gasteiger partial charge in [0, 0.05) is 19.1 Å². The Morgan fingerprint density at radius 3 is 2.50 bits per heavy atom. The molecule has 0 N–H and O–H groups in total. The maximum Gasteiger partial charge on any atom is 0.104 e. The minimum absolute atomic E-state index is 0.847. The van der Waals surface area contributed by atoms with Gasteiger partial charge in [-0.05, 0) is 31.4 Å². The van der Waals surface area contributed by atoms with Crippen molar-refractivity contribution >= 4 is 0 Å². The summed E-state index contributed by atoms with van der Waals surface area (Å²) in [6, 6.07) is 10.0. The van der Waals surface area contributed by atoms with E-state index in [0.29, 0.717) is 0 Å². The van der Waals surface area contributed by atoms with Gasteiger partial charge in [-0.1, -0.05) is 30.0 Å². The molecule has 1 nitrogen and oxygen atoms in total. The molecule has 0 bridgehead atoms. The largest absolute Gasteiger partial charge is 0.375 e. The fourth-order valence-electron chi connectivity index (χ4n) is 1.45. The molecule has 0 saturated heterocycles. The summed E-state index contributed by atoms with van der Waals surface area (Å²) in [6.07, 6.45) is 7.74. The summed E-state index contributed by atoms with van der Waals surface area (Å²) in [5.41, 5.74) is 1.05. The first-order valence-corrected chi connectivity index (χ1v) is 5.23. The van der Waals surface area contributed by atoms with E-state index in [4.69, 9.17) is 4.74 Å². The molecule has 5 radical (unpaired) electrons. The van der Waals surface area contributed by atoms with Gasteiger partial charge in [-0.3, -0.25) is 0 Å². The van der Waals surface area contributed by atoms with Crippen LogP contribution in [0.5, 0.6) is 0 Å². The SMILES string of the molecule is CO[C]1[CH][CH][C](C#Cc2ccccc2)C[CH]1. The molecule has 0 aromatic heterocycles. The lowest BCUT2D eigenvalue weighted by atomic mass is 9.88. The van der Waals surface area contributed by atoms with Crippen LogP contribution in [0.4, 0.5) is 0 Å². The van der Waals surface area contributed by atoms with Gasteiger partial charge >= 0.3 is 0 Å². The van der Waals surface area contributed by atoms with Crippen LogP contribution in [0.3, 0.4) is 0 Å². The van der Waals surface area contributed by atoms with Gasteiger partial charge in [-0.15, -0.1) is 0 Å². The van der Waals surface area contributed by atoms with Crippen LogP contribution in [-0.4, -0.2) is 7.11 Å². The zero-order valence-electron chi connectivity index (χ0n) is 9.23. The molecule has 16 heavy (non-hydrogen) atoms. The first-order valence-electron chi connectivity index (χ1n) is 5.23. The second kappa shape index (κ2) is 5.72. The molecule has 0 unspecified atom stereocenters. The third-order valence-electron chi connectivity index (χ3n) is 2.35. The Balaban J connectivity index is 1.90. The molecular formula is C15H13O. The minimum Gasteiger partial charge on any atom is -0.375 e. The summed E-state index contributed by atoms with van der Waals surface area (Å²) >= 11 is 0. The average Bonchev–Trinajstić information content (AvgIpc) is 2.38. The van der Waals surface area contributed by atoms with Crippen molar-refractivity contribution < 1.29 is 4.74 Å². The highest BCUT2D eigenvalue weighted by molar-refractivity contribution is 5.44. The number of methoxy groups -OCH3 is 1. The van der Waals surface area contributed by atoms with Crippen LogP contribution in [0, 0.1) is 43.1 Å². The van der Waals surface area contributed by atoms with Crippen molar-refractivity contribution in [3.63, 3.8) is 0 Å². The predicted molar refractivity (Wildman–Crippen MR) is 64.3 cm³/mol. The summed E-state index contributed by atoms with van der Waals surface area (Å²) < 4.78 is 5.12. The molecule has 1 saturated carbocycles. The molecule has 1 heteroatoms. The Labute approximate surface area is 97.8 Å². The van der Waals surface area contributed by atoms with Gasteiger partial charge in [0.15, 0.2) is 0 Å². The molecule has 0 aliphatic heterocycles. The van der Waals surface area contributed by atoms with E-state index >= 15 is 0 Å². The predicted octanol–water partition coefficient (Wildman–Crippen LogP) is 2.81. The maximum atomic E-state index is 5.12. The molecule has 79 valence electrons. The smallest absolute Gasteiger partial charge is 0.104 e. The molecule has 0 atom stereocenters. The lowest BCUT2D eigenvalue weighted by Crippen LogP contribution is -2.13. The topological polar surface area (TPSA) is 9.23 Å². The Bertz CT molecular complexity index is 363. The fourth-order valence-corrected chi connectivity index (χ4v) is 1.45. The van der Waals surface area contributed by atoms with E-state index in [1.165, 1.54) is 0 Å². The van der Waals surface area contributed by atoms with Crippen LogP contribution in [0.15, 0.2) is 30.3 Å². The van der Waals surface area contributed by atoms with Crippen molar-refractivity contribution in [3.8, 4) is 11.8 Å². The highest BCUT2D eigenvalue weighted by Gasteiger charge is 2.21. The van der Waals surface area contributed by atoms with E-state index in [-0.39, 0.29) is 0 Å². The van der Waals surface area contributed by atoms with E-state index in [0.717, 1.165) is 24.0 Å². The van der Waals surface area contributed by atoms with E-state index in [2.05, 4.69) is 11.8 Å². The van der Waals surface area contributed by atoms with Crippen LogP contribution in [0.25, 0.3) is 0 Å². The fraction of sp³-hybridized carbons (Fsp3) is 0.133. The second-order valence-corrected chi connectivity index (χ2v) is 3.49. The normalized spacial score (nSPS) is 17.8. The Kier molecular flexibility index (Phi) is 4.02. The summed E-state index contributed by atoms with van der Waals surface area (Å²) in [6.45, 7) is 0. The van der Waals surface area contributed by atoms with E-state index in [1.807, 2.05) is 49.6 Å². The minimum atomic E-state index is 0.847. The lowest BCUT2D eigenvalue weighted by Gasteiger charge is -2.21. The first kappa shape index (κ1) is 11.2. The first-order chi connectivity index (χ1) is 7.88. The van der Waals surface area contributed by atoms with Crippen LogP contribution in [0.1, 0.15) is 12.0 Å². The average molecular weight is 209 g/mol. The van der Waals surface area contributed by atoms with Crippen LogP contribution in [0.2, 0.25) is 0 Å². The highest BCUT2D eigenvalue weighted by atomic mass is 16.5. The zero-order chi connectivity index (χ0) is 11.2. The Hall–Kier alpha value is -1.26. The van der Waals surface area contributed by atoms with Gasteiger partial charge in [-0.2, -0.15) is 0 Å². The van der Waals surface area contributed by atoms with E-state index < -0.39 is 0 Å². The Morgan fingerprint density at radius 2 is 1.88 bits per heavy atom. The number of hydrogen-bond donors (Lipinski definition) is 0. The standard InChI is InChI=1S/C15H13O/c1-16-15-11-9-14(10-12-15)8-7-13-5-3-2-4-6-13/h2-6,9,11-12H,10H2,1H3. The monoisotopic (exact) mass is 209 g/mol. The quantitative estimate of drug-likeness (QED) is 0.646. The molecule has 1 aliphatic carbocycles. The summed E-state index contributed by atoms with van der Waals surface area (Å²) in [5, 5.41) is 0. The molecule has 1 aromatic rings. The number of ether oxygens (including phenoxy) is 1. The molecule has 0 spiro atoms. The second-order valence-electron chi connectivity index (χ2n) is 3.49. The van der Waals surface area contributed by atoms with Crippen molar-refractivity contribution in [1.29, 1.82) is 0 Å². The highest BCUT2D eigenvalue weighted by Crippen LogP contribution is 2.28. The summed E-state index contributed by atoms with van der Waals surface area (Å²) in [5.74, 6) is 7.42. The van der Waals surface area contributed by atoms with Gasteiger partial charge in [-0.25, -0.2) is 0 Å². The van der Waals surface area contributed by atoms with Crippen molar-refractivity contribution in [2.75, 3.05) is 7.11 Å². The zero-order valence-corrected chi connectivity index (χ0v) is 9.23. The lowest BCUT2D eigenvalue weighted by molar-refractivity contribution is 0.234. The van der Waals surface area contributed by atoms with Crippen LogP contribution >= 0.6 is 0 Å². The van der Waals surface area contributed by atoms with E-state index in [1.54, 1.807) is 7.11 Å². The van der Waals surface area contributed by atoms with Gasteiger partial charge < -0.3 is 4.74 Å². The summed E-state index contributed by atoms with van der Waals surface area (Å²) in [7, 11) is 1.68. The van der Waals surface area contributed by atoms with Gasteiger partial charge in [0.25, 0.3) is 0 Å². The van der Waals surface area contributed by atoms with Crippen molar-refractivity contribution in [2.45, 2.75) is 6.42 Å². The molecule has 1 aliphatic rings. The van der Waals surface area contributed by atoms with E-state index in [9.17, 15) is 0 Å². The van der Waals surface area contributed by atoms with Crippen LogP contribution < -0.4 is 0 Å². The van der Waals surface area contributed by atoms with Crippen molar-refractivity contribution in [1.82, 2.24) is 0 Å². The maximum absolute atomic E-state index is 5.12. The molecule has 0 heterocycles. The van der Waals surface area contributed by atoms with Crippen molar-refractivity contribution in [2.24, 2.45) is 0 Å². The van der Waals surface area contributed by atoms with Gasteiger partial charge in [0.1, 0.15) is 6.10 Å². The summed E-state index contributed by atoms with van der Waals surface area (Å²) in [4.78, 5) is 0. The number of hydrogen-bond acceptors (Lipinski definition) is 1.